The summed E-state index contributed by atoms with van der Waals surface area (Å²) in [6.45, 7) is 0. The number of carbonyl (C=O) groups excluding carboxylic acids is 1. The van der Waals surface area contributed by atoms with Gasteiger partial charge in [0.15, 0.2) is 0 Å². The van der Waals surface area contributed by atoms with Crippen LogP contribution < -0.4 is 0 Å². The quantitative estimate of drug-likeness (QED) is 0.484. The van der Waals surface area contributed by atoms with Crippen LogP contribution in [-0.2, 0) is 6.18 Å². The minimum Gasteiger partial charge on any atom is -0.287 e. The number of carbonyl (C=O) groups is 1. The molecule has 2 aromatic rings. The number of alkyl halides is 3. The van der Waals surface area contributed by atoms with Gasteiger partial charge in [-0.25, -0.2) is 9.97 Å². The topological polar surface area (TPSA) is 42.9 Å². The van der Waals surface area contributed by atoms with Crippen LogP contribution in [0.5, 0.6) is 0 Å². The molecule has 0 fully saturated rings. The molecule has 0 spiro atoms. The molecule has 0 amide bonds. The third kappa shape index (κ3) is 2.77. The maximum atomic E-state index is 13.4. The van der Waals surface area contributed by atoms with E-state index in [4.69, 9.17) is 11.6 Å². The van der Waals surface area contributed by atoms with E-state index in [9.17, 15) is 22.4 Å². The minimum atomic E-state index is -4.80. The number of pyridine rings is 2. The molecule has 0 aliphatic heterocycles. The summed E-state index contributed by atoms with van der Waals surface area (Å²) in [5.41, 5.74) is -2.85. The van der Waals surface area contributed by atoms with E-state index in [2.05, 4.69) is 9.97 Å². The molecule has 2 rings (SSSR count). The second-order valence-electron chi connectivity index (χ2n) is 3.70. The Morgan fingerprint density at radius 1 is 1.20 bits per heavy atom. The summed E-state index contributed by atoms with van der Waals surface area (Å²) < 4.78 is 51.8. The van der Waals surface area contributed by atoms with Crippen LogP contribution in [0.2, 0.25) is 5.15 Å². The first-order valence-electron chi connectivity index (χ1n) is 5.19. The average molecular weight is 305 g/mol. The molecule has 0 saturated heterocycles. The van der Waals surface area contributed by atoms with Gasteiger partial charge in [0.2, 0.25) is 11.7 Å². The van der Waals surface area contributed by atoms with Gasteiger partial charge >= 0.3 is 6.18 Å². The molecule has 0 aliphatic rings. The summed E-state index contributed by atoms with van der Waals surface area (Å²) >= 11 is 5.50. The number of rotatable bonds is 2. The number of ketones is 1. The standard InChI is InChI=1S/C12H5ClF4N2O/c13-8-4-3-7(12(15,16)17)9(19-8)10(20)6-2-1-5-18-11(6)14/h1-5H. The Morgan fingerprint density at radius 3 is 2.50 bits per heavy atom. The zero-order valence-electron chi connectivity index (χ0n) is 9.58. The number of aromatic nitrogens is 2. The van der Waals surface area contributed by atoms with Crippen molar-refractivity contribution in [2.45, 2.75) is 6.18 Å². The second-order valence-corrected chi connectivity index (χ2v) is 4.09. The van der Waals surface area contributed by atoms with Crippen LogP contribution in [0.3, 0.4) is 0 Å². The van der Waals surface area contributed by atoms with Crippen molar-refractivity contribution >= 4 is 17.4 Å². The monoisotopic (exact) mass is 304 g/mol. The molecule has 0 atom stereocenters. The molecular weight excluding hydrogens is 300 g/mol. The van der Waals surface area contributed by atoms with Gasteiger partial charge in [-0.1, -0.05) is 11.6 Å². The van der Waals surface area contributed by atoms with Crippen molar-refractivity contribution in [3.63, 3.8) is 0 Å². The largest absolute Gasteiger partial charge is 0.418 e. The fraction of sp³-hybridized carbons (Fsp3) is 0.0833. The SMILES string of the molecule is O=C(c1cccnc1F)c1nc(Cl)ccc1C(F)(F)F. The predicted molar refractivity (Wildman–Crippen MR) is 61.9 cm³/mol. The maximum absolute atomic E-state index is 13.4. The Kier molecular flexibility index (Phi) is 3.71. The summed E-state index contributed by atoms with van der Waals surface area (Å²) in [6.07, 6.45) is -3.73. The van der Waals surface area contributed by atoms with Crippen molar-refractivity contribution in [2.75, 3.05) is 0 Å². The molecule has 2 heterocycles. The Hall–Kier alpha value is -2.02. The molecule has 0 saturated carbocycles. The summed E-state index contributed by atoms with van der Waals surface area (Å²) in [5, 5.41) is -0.300. The zero-order chi connectivity index (χ0) is 14.9. The van der Waals surface area contributed by atoms with E-state index >= 15 is 0 Å². The van der Waals surface area contributed by atoms with E-state index in [0.717, 1.165) is 18.3 Å². The lowest BCUT2D eigenvalue weighted by Gasteiger charge is -2.11. The number of halogens is 5. The average Bonchev–Trinajstić information content (AvgIpc) is 2.37. The Morgan fingerprint density at radius 2 is 1.90 bits per heavy atom. The van der Waals surface area contributed by atoms with Crippen LogP contribution in [0.1, 0.15) is 21.6 Å². The maximum Gasteiger partial charge on any atom is 0.418 e. The fourth-order valence-corrected chi connectivity index (χ4v) is 1.67. The third-order valence-corrected chi connectivity index (χ3v) is 2.60. The first kappa shape index (κ1) is 14.4. The van der Waals surface area contributed by atoms with Crippen molar-refractivity contribution in [3.8, 4) is 0 Å². The highest BCUT2D eigenvalue weighted by molar-refractivity contribution is 6.29. The molecule has 0 bridgehead atoms. The van der Waals surface area contributed by atoms with Crippen molar-refractivity contribution in [1.29, 1.82) is 0 Å². The summed E-state index contributed by atoms with van der Waals surface area (Å²) in [5.74, 6) is -2.40. The van der Waals surface area contributed by atoms with Gasteiger partial charge in [0.25, 0.3) is 0 Å². The predicted octanol–water partition coefficient (Wildman–Crippen LogP) is 3.52. The lowest BCUT2D eigenvalue weighted by molar-refractivity contribution is -0.138. The van der Waals surface area contributed by atoms with Crippen molar-refractivity contribution in [2.24, 2.45) is 0 Å². The normalized spacial score (nSPS) is 11.4. The highest BCUT2D eigenvalue weighted by Crippen LogP contribution is 2.33. The van der Waals surface area contributed by atoms with Crippen LogP contribution >= 0.6 is 11.6 Å². The fourth-order valence-electron chi connectivity index (χ4n) is 1.52. The van der Waals surface area contributed by atoms with Crippen molar-refractivity contribution < 1.29 is 22.4 Å². The van der Waals surface area contributed by atoms with Gasteiger partial charge in [0.1, 0.15) is 10.8 Å². The molecule has 0 aliphatic carbocycles. The summed E-state index contributed by atoms with van der Waals surface area (Å²) in [4.78, 5) is 18.6. The van der Waals surface area contributed by atoms with Gasteiger partial charge in [-0.3, -0.25) is 4.79 Å². The van der Waals surface area contributed by atoms with Gasteiger partial charge in [-0.15, -0.1) is 0 Å². The van der Waals surface area contributed by atoms with Crippen LogP contribution in [0.25, 0.3) is 0 Å². The Balaban J connectivity index is 2.61. The Bertz CT molecular complexity index is 673. The molecule has 0 radical (unpaired) electrons. The van der Waals surface area contributed by atoms with Gasteiger partial charge in [0.05, 0.1) is 11.1 Å². The van der Waals surface area contributed by atoms with Crippen LogP contribution in [0.15, 0.2) is 30.5 Å². The van der Waals surface area contributed by atoms with Crippen molar-refractivity contribution in [1.82, 2.24) is 9.97 Å². The van der Waals surface area contributed by atoms with E-state index in [0.29, 0.717) is 6.07 Å². The van der Waals surface area contributed by atoms with Gasteiger partial charge in [-0.05, 0) is 24.3 Å². The van der Waals surface area contributed by atoms with Crippen molar-refractivity contribution in [3.05, 3.63) is 58.4 Å². The van der Waals surface area contributed by atoms with E-state index in [-0.39, 0.29) is 5.15 Å². The van der Waals surface area contributed by atoms with Gasteiger partial charge in [0, 0.05) is 6.20 Å². The van der Waals surface area contributed by atoms with Crippen LogP contribution in [0.4, 0.5) is 17.6 Å². The van der Waals surface area contributed by atoms with E-state index in [1.54, 1.807) is 0 Å². The molecule has 0 aromatic carbocycles. The lowest BCUT2D eigenvalue weighted by Crippen LogP contribution is -2.17. The highest BCUT2D eigenvalue weighted by atomic mass is 35.5. The first-order chi connectivity index (χ1) is 9.30. The number of hydrogen-bond acceptors (Lipinski definition) is 3. The van der Waals surface area contributed by atoms with Gasteiger partial charge in [-0.2, -0.15) is 17.6 Å². The number of nitrogens with zero attached hydrogens (tertiary/aromatic N) is 2. The summed E-state index contributed by atoms with van der Waals surface area (Å²) in [7, 11) is 0. The number of hydrogen-bond donors (Lipinski definition) is 0. The Labute approximate surface area is 115 Å². The molecule has 0 N–H and O–H groups in total. The summed E-state index contributed by atoms with van der Waals surface area (Å²) in [6, 6.07) is 3.78. The lowest BCUT2D eigenvalue weighted by atomic mass is 10.0. The molecule has 104 valence electrons. The molecule has 2 aromatic heterocycles. The third-order valence-electron chi connectivity index (χ3n) is 2.39. The van der Waals surface area contributed by atoms with Gasteiger partial charge < -0.3 is 0 Å². The van der Waals surface area contributed by atoms with Crippen LogP contribution in [0, 0.1) is 5.95 Å². The first-order valence-corrected chi connectivity index (χ1v) is 5.57. The van der Waals surface area contributed by atoms with Crippen LogP contribution in [-0.4, -0.2) is 15.8 Å². The molecule has 3 nitrogen and oxygen atoms in total. The second kappa shape index (κ2) is 5.16. The highest BCUT2D eigenvalue weighted by Gasteiger charge is 2.37. The van der Waals surface area contributed by atoms with E-state index in [1.165, 1.54) is 6.07 Å². The molecule has 20 heavy (non-hydrogen) atoms. The molecule has 0 unspecified atom stereocenters. The molecule has 8 heteroatoms. The smallest absolute Gasteiger partial charge is 0.287 e. The molecular formula is C12H5ClF4N2O. The zero-order valence-corrected chi connectivity index (χ0v) is 10.3. The minimum absolute atomic E-state index is 0.300. The van der Waals surface area contributed by atoms with E-state index < -0.39 is 34.7 Å². The van der Waals surface area contributed by atoms with E-state index in [1.807, 2.05) is 0 Å².